The van der Waals surface area contributed by atoms with E-state index in [1.165, 1.54) is 18.3 Å². The van der Waals surface area contributed by atoms with Crippen molar-refractivity contribution in [1.29, 1.82) is 0 Å². The predicted molar refractivity (Wildman–Crippen MR) is 109 cm³/mol. The quantitative estimate of drug-likeness (QED) is 0.524. The van der Waals surface area contributed by atoms with E-state index in [-0.39, 0.29) is 18.3 Å². The van der Waals surface area contributed by atoms with Gasteiger partial charge in [0.1, 0.15) is 5.82 Å². The maximum absolute atomic E-state index is 13.1. The number of hydrogen-bond acceptors (Lipinski definition) is 3. The van der Waals surface area contributed by atoms with Gasteiger partial charge in [-0.3, -0.25) is 4.79 Å². The molecule has 0 aliphatic heterocycles. The Balaban J connectivity index is 1.42. The molecule has 2 aromatic heterocycles. The highest BCUT2D eigenvalue weighted by atomic mass is 35.5. The summed E-state index contributed by atoms with van der Waals surface area (Å²) in [5.41, 5.74) is 2.97. The lowest BCUT2D eigenvalue weighted by atomic mass is 10.0. The number of carbonyl (C=O) groups excluding carboxylic acids is 1. The van der Waals surface area contributed by atoms with Crippen LogP contribution in [0.3, 0.4) is 0 Å². The van der Waals surface area contributed by atoms with E-state index in [2.05, 4.69) is 15.4 Å². The molecule has 0 saturated heterocycles. The summed E-state index contributed by atoms with van der Waals surface area (Å²) in [7, 11) is 0. The molecule has 0 spiro atoms. The molecule has 0 atom stereocenters. The number of amides is 1. The van der Waals surface area contributed by atoms with Crippen LogP contribution < -0.4 is 5.32 Å². The summed E-state index contributed by atoms with van der Waals surface area (Å²) >= 11 is 6.37. The van der Waals surface area contributed by atoms with Crippen LogP contribution in [0.5, 0.6) is 0 Å². The van der Waals surface area contributed by atoms with Gasteiger partial charge < -0.3 is 5.32 Å². The van der Waals surface area contributed by atoms with Gasteiger partial charge in [-0.05, 0) is 53.1 Å². The summed E-state index contributed by atoms with van der Waals surface area (Å²) in [6.45, 7) is 0.280. The topological polar surface area (TPSA) is 59.8 Å². The predicted octanol–water partition coefficient (Wildman–Crippen LogP) is 4.66. The maximum Gasteiger partial charge on any atom is 0.253 e. The Morgan fingerprint density at radius 3 is 2.52 bits per heavy atom. The van der Waals surface area contributed by atoms with Crippen molar-refractivity contribution >= 4 is 17.5 Å². The second-order valence-corrected chi connectivity index (χ2v) is 6.76. The van der Waals surface area contributed by atoms with Crippen molar-refractivity contribution in [3.8, 4) is 16.9 Å². The molecule has 0 fully saturated rings. The summed E-state index contributed by atoms with van der Waals surface area (Å²) in [5.74, 6) is 0.0977. The third kappa shape index (κ3) is 4.33. The number of carbonyl (C=O) groups is 1. The first-order chi connectivity index (χ1) is 14.1. The molecule has 29 heavy (non-hydrogen) atoms. The van der Waals surface area contributed by atoms with Crippen LogP contribution in [0.15, 0.2) is 79.3 Å². The molecule has 0 aliphatic rings. The fourth-order valence-electron chi connectivity index (χ4n) is 2.85. The molecule has 5 nitrogen and oxygen atoms in total. The molecule has 144 valence electrons. The molecule has 2 aromatic carbocycles. The molecule has 0 aliphatic carbocycles. The van der Waals surface area contributed by atoms with Crippen molar-refractivity contribution in [2.45, 2.75) is 6.54 Å². The van der Waals surface area contributed by atoms with Crippen molar-refractivity contribution in [3.05, 3.63) is 101 Å². The molecule has 1 amide bonds. The molecule has 1 N–H and O–H groups in total. The van der Waals surface area contributed by atoms with Gasteiger partial charge in [0.2, 0.25) is 0 Å². The van der Waals surface area contributed by atoms with Gasteiger partial charge in [0.25, 0.3) is 5.91 Å². The lowest BCUT2D eigenvalue weighted by Gasteiger charge is -2.10. The summed E-state index contributed by atoms with van der Waals surface area (Å²) in [6.07, 6.45) is 4.94. The lowest BCUT2D eigenvalue weighted by molar-refractivity contribution is 0.0950. The molecular formula is C22H16ClFN4O. The highest BCUT2D eigenvalue weighted by Gasteiger charge is 2.09. The molecule has 0 unspecified atom stereocenters. The van der Waals surface area contributed by atoms with Gasteiger partial charge >= 0.3 is 0 Å². The minimum atomic E-state index is -0.286. The van der Waals surface area contributed by atoms with Crippen LogP contribution in [0.2, 0.25) is 5.02 Å². The number of hydrogen-bond donors (Lipinski definition) is 1. The van der Waals surface area contributed by atoms with Crippen LogP contribution in [0.4, 0.5) is 4.39 Å². The standard InChI is InChI=1S/C22H16ClFN4O/c23-20-12-16(15-4-7-19(24)8-5-15)2-3-17(20)13-26-22(29)18-6-9-21(25-14-18)28-11-1-10-27-28/h1-12,14H,13H2,(H,26,29). The number of nitrogens with zero attached hydrogens (tertiary/aromatic N) is 3. The van der Waals surface area contributed by atoms with Crippen LogP contribution >= 0.6 is 11.6 Å². The minimum Gasteiger partial charge on any atom is -0.348 e. The summed E-state index contributed by atoms with van der Waals surface area (Å²) in [5, 5.41) is 7.47. The van der Waals surface area contributed by atoms with Crippen molar-refractivity contribution in [1.82, 2.24) is 20.1 Å². The normalized spacial score (nSPS) is 10.7. The molecule has 0 bridgehead atoms. The van der Waals surface area contributed by atoms with E-state index in [9.17, 15) is 9.18 Å². The van der Waals surface area contributed by atoms with E-state index >= 15 is 0 Å². The number of benzene rings is 2. The van der Waals surface area contributed by atoms with E-state index in [0.717, 1.165) is 16.7 Å². The fourth-order valence-corrected chi connectivity index (χ4v) is 3.10. The highest BCUT2D eigenvalue weighted by molar-refractivity contribution is 6.31. The smallest absolute Gasteiger partial charge is 0.253 e. The first kappa shape index (κ1) is 18.8. The molecule has 4 aromatic rings. The van der Waals surface area contributed by atoms with Crippen molar-refractivity contribution in [2.24, 2.45) is 0 Å². The van der Waals surface area contributed by atoms with Gasteiger partial charge in [-0.1, -0.05) is 35.9 Å². The van der Waals surface area contributed by atoms with E-state index in [0.29, 0.717) is 16.4 Å². The molecule has 2 heterocycles. The lowest BCUT2D eigenvalue weighted by Crippen LogP contribution is -2.23. The van der Waals surface area contributed by atoms with Crippen molar-refractivity contribution in [2.75, 3.05) is 0 Å². The number of halogens is 2. The van der Waals surface area contributed by atoms with Gasteiger partial charge in [0, 0.05) is 30.2 Å². The Morgan fingerprint density at radius 2 is 1.86 bits per heavy atom. The number of aromatic nitrogens is 3. The third-order valence-corrected chi connectivity index (χ3v) is 4.77. The van der Waals surface area contributed by atoms with Gasteiger partial charge in [0.05, 0.1) is 5.56 Å². The average Bonchev–Trinajstić information content (AvgIpc) is 3.28. The molecule has 0 saturated carbocycles. The Hall–Kier alpha value is -3.51. The SMILES string of the molecule is O=C(NCc1ccc(-c2ccc(F)cc2)cc1Cl)c1ccc(-n2cccn2)nc1. The van der Waals surface area contributed by atoms with Crippen molar-refractivity contribution in [3.63, 3.8) is 0 Å². The second kappa shape index (κ2) is 8.24. The zero-order chi connectivity index (χ0) is 20.2. The molecular weight excluding hydrogens is 391 g/mol. The van der Waals surface area contributed by atoms with Gasteiger partial charge in [-0.25, -0.2) is 14.1 Å². The second-order valence-electron chi connectivity index (χ2n) is 6.35. The Morgan fingerprint density at radius 1 is 1.07 bits per heavy atom. The Kier molecular flexibility index (Phi) is 5.35. The largest absolute Gasteiger partial charge is 0.348 e. The minimum absolute atomic E-state index is 0.247. The Bertz CT molecular complexity index is 1130. The van der Waals surface area contributed by atoms with Gasteiger partial charge in [0.15, 0.2) is 5.82 Å². The molecule has 4 rings (SSSR count). The van der Waals surface area contributed by atoms with E-state index in [4.69, 9.17) is 11.6 Å². The zero-order valence-electron chi connectivity index (χ0n) is 15.2. The maximum atomic E-state index is 13.1. The van der Waals surface area contributed by atoms with E-state index in [1.807, 2.05) is 12.1 Å². The van der Waals surface area contributed by atoms with Gasteiger partial charge in [-0.2, -0.15) is 5.10 Å². The zero-order valence-corrected chi connectivity index (χ0v) is 16.0. The number of pyridine rings is 1. The fraction of sp³-hybridized carbons (Fsp3) is 0.0455. The van der Waals surface area contributed by atoms with Crippen molar-refractivity contribution < 1.29 is 9.18 Å². The van der Waals surface area contributed by atoms with Crippen LogP contribution in [-0.2, 0) is 6.54 Å². The van der Waals surface area contributed by atoms with E-state index < -0.39 is 0 Å². The number of nitrogens with one attached hydrogen (secondary N) is 1. The monoisotopic (exact) mass is 406 g/mol. The molecule has 7 heteroatoms. The average molecular weight is 407 g/mol. The summed E-state index contributed by atoms with van der Waals surface area (Å²) < 4.78 is 14.7. The van der Waals surface area contributed by atoms with Crippen LogP contribution in [0.1, 0.15) is 15.9 Å². The number of rotatable bonds is 5. The van der Waals surface area contributed by atoms with Crippen LogP contribution in [0, 0.1) is 5.82 Å². The van der Waals surface area contributed by atoms with Gasteiger partial charge in [-0.15, -0.1) is 0 Å². The third-order valence-electron chi connectivity index (χ3n) is 4.42. The summed E-state index contributed by atoms with van der Waals surface area (Å²) in [4.78, 5) is 16.6. The first-order valence-corrected chi connectivity index (χ1v) is 9.26. The molecule has 0 radical (unpaired) electrons. The summed E-state index contributed by atoms with van der Waals surface area (Å²) in [6, 6.07) is 17.0. The first-order valence-electron chi connectivity index (χ1n) is 8.89. The van der Waals surface area contributed by atoms with Crippen LogP contribution in [-0.4, -0.2) is 20.7 Å². The van der Waals surface area contributed by atoms with E-state index in [1.54, 1.807) is 53.5 Å². The highest BCUT2D eigenvalue weighted by Crippen LogP contribution is 2.26. The van der Waals surface area contributed by atoms with Crippen LogP contribution in [0.25, 0.3) is 16.9 Å². The Labute approximate surface area is 171 Å².